The Hall–Kier alpha value is -0.530. The molecule has 0 aliphatic carbocycles. The van der Waals surface area contributed by atoms with Crippen molar-refractivity contribution in [3.63, 3.8) is 0 Å². The molecule has 0 fully saturated rings. The summed E-state index contributed by atoms with van der Waals surface area (Å²) in [6.45, 7) is 0.153. The molecule has 22 valence electrons. The molecule has 0 rings (SSSR count). The second-order valence-electron chi connectivity index (χ2n) is 0.232. The third kappa shape index (κ3) is 1.47. The second-order valence-corrected chi connectivity index (χ2v) is 0.232. The van der Waals surface area contributed by atoms with Crippen molar-refractivity contribution in [2.24, 2.45) is 0 Å². The Morgan fingerprint density at radius 3 is 2.25 bits per heavy atom. The fourth-order valence-electron chi connectivity index (χ4n) is 0. The fourth-order valence-corrected chi connectivity index (χ4v) is 0. The number of rotatable bonds is 1. The Balaban J connectivity index is 2.30. The van der Waals surface area contributed by atoms with Crippen molar-refractivity contribution in [1.82, 2.24) is 0 Å². The molecule has 0 aromatic rings. The minimum atomic E-state index is 0.153. The molecule has 0 aliphatic heterocycles. The smallest absolute Gasteiger partial charge is 0.293 e. The van der Waals surface area contributed by atoms with Crippen molar-refractivity contribution in [3.05, 3.63) is 7.11 Å². The van der Waals surface area contributed by atoms with Crippen molar-refractivity contribution in [2.45, 2.75) is 0 Å². The van der Waals surface area contributed by atoms with Gasteiger partial charge in [-0.25, -0.2) is 0 Å². The van der Waals surface area contributed by atoms with E-state index in [1.807, 2.05) is 0 Å². The molecule has 0 saturated heterocycles. The van der Waals surface area contributed by atoms with Crippen LogP contribution in [0.15, 0.2) is 0 Å². The Morgan fingerprint density at radius 1 is 2.00 bits per heavy atom. The summed E-state index contributed by atoms with van der Waals surface area (Å²) in [7, 11) is 4.16. The monoisotopic (exact) mass is 58.0 g/mol. The lowest BCUT2D eigenvalue weighted by atomic mass is 11.5. The van der Waals surface area contributed by atoms with Crippen LogP contribution < -0.4 is 0 Å². The number of ether oxygens (including phenoxy) is 1. The zero-order valence-electron chi connectivity index (χ0n) is 1.97. The molecule has 0 N–H and O–H groups in total. The highest BCUT2D eigenvalue weighted by molar-refractivity contribution is 5.36. The topological polar surface area (TPSA) is 26.3 Å². The van der Waals surface area contributed by atoms with Gasteiger partial charge in [0.2, 0.25) is 0 Å². The summed E-state index contributed by atoms with van der Waals surface area (Å²) in [4.78, 5) is 8.83. The molecule has 0 heterocycles. The standard InChI is InChI=1S/C2H2O2/c1-4-2-3/h1-2H. The van der Waals surface area contributed by atoms with Crippen LogP contribution in [0, 0.1) is 7.11 Å². The van der Waals surface area contributed by atoms with Gasteiger partial charge in [-0.3, -0.25) is 4.79 Å². The van der Waals surface area contributed by atoms with Crippen molar-refractivity contribution in [1.29, 1.82) is 0 Å². The zero-order chi connectivity index (χ0) is 3.41. The number of carbonyl (C=O) groups is 1. The molecule has 2 heteroatoms. The van der Waals surface area contributed by atoms with Gasteiger partial charge in [-0.05, 0) is 0 Å². The minimum absolute atomic E-state index is 0.153. The summed E-state index contributed by atoms with van der Waals surface area (Å²) >= 11 is 0. The average Bonchev–Trinajstić information content (AvgIpc) is 1.37. The molecule has 0 aromatic heterocycles. The van der Waals surface area contributed by atoms with Gasteiger partial charge in [-0.2, -0.15) is 0 Å². The highest BCUT2D eigenvalue weighted by Gasteiger charge is 1.46. The van der Waals surface area contributed by atoms with E-state index < -0.39 is 0 Å². The van der Waals surface area contributed by atoms with E-state index in [9.17, 15) is 0 Å². The van der Waals surface area contributed by atoms with Gasteiger partial charge in [-0.1, -0.05) is 0 Å². The van der Waals surface area contributed by atoms with Crippen LogP contribution in [0.2, 0.25) is 0 Å². The molecule has 0 unspecified atom stereocenters. The van der Waals surface area contributed by atoms with Crippen molar-refractivity contribution >= 4 is 6.47 Å². The first-order valence-electron chi connectivity index (χ1n) is 0.707. The fraction of sp³-hybridized carbons (Fsp3) is 0. The molecule has 0 aromatic carbocycles. The maximum absolute atomic E-state index is 8.83. The van der Waals surface area contributed by atoms with Crippen LogP contribution in [-0.4, -0.2) is 6.47 Å². The summed E-state index contributed by atoms with van der Waals surface area (Å²) in [5, 5.41) is 0. The molecule has 2 nitrogen and oxygen atoms in total. The van der Waals surface area contributed by atoms with Crippen LogP contribution in [0.4, 0.5) is 0 Å². The molecular weight excluding hydrogens is 56.0 g/mol. The molecule has 0 atom stereocenters. The second kappa shape index (κ2) is 2.47. The summed E-state index contributed by atoms with van der Waals surface area (Å²) in [6.07, 6.45) is 0. The quantitative estimate of drug-likeness (QED) is 0.391. The molecule has 0 aliphatic rings. The Labute approximate surface area is 24.4 Å². The van der Waals surface area contributed by atoms with Crippen LogP contribution in [0.3, 0.4) is 0 Å². The summed E-state index contributed by atoms with van der Waals surface area (Å²) in [6, 6.07) is 0. The van der Waals surface area contributed by atoms with E-state index in [0.29, 0.717) is 0 Å². The first kappa shape index (κ1) is 3.47. The third-order valence-electron chi connectivity index (χ3n) is 0.0556. The molecule has 0 amide bonds. The van der Waals surface area contributed by atoms with Gasteiger partial charge in [0.15, 0.2) is 7.11 Å². The number of hydrogen-bond donors (Lipinski definition) is 0. The van der Waals surface area contributed by atoms with Crippen LogP contribution in [0.25, 0.3) is 0 Å². The Morgan fingerprint density at radius 2 is 2.25 bits per heavy atom. The van der Waals surface area contributed by atoms with Gasteiger partial charge in [0.25, 0.3) is 6.47 Å². The predicted molar refractivity (Wildman–Crippen MR) is 11.4 cm³/mol. The predicted octanol–water partition coefficient (Wildman–Crippen LogP) is -0.172. The molecule has 0 saturated carbocycles. The maximum atomic E-state index is 8.83. The van der Waals surface area contributed by atoms with Gasteiger partial charge in [0.1, 0.15) is 0 Å². The SMILES string of the molecule is [CH]OC=O. The van der Waals surface area contributed by atoms with Crippen LogP contribution in [0.1, 0.15) is 0 Å². The summed E-state index contributed by atoms with van der Waals surface area (Å²) in [5.74, 6) is 0. The van der Waals surface area contributed by atoms with Gasteiger partial charge in [-0.15, -0.1) is 0 Å². The lowest BCUT2D eigenvalue weighted by Crippen LogP contribution is -1.63. The van der Waals surface area contributed by atoms with Crippen molar-refractivity contribution in [3.8, 4) is 0 Å². The lowest BCUT2D eigenvalue weighted by molar-refractivity contribution is -0.124. The zero-order valence-corrected chi connectivity index (χ0v) is 1.97. The first-order chi connectivity index (χ1) is 1.91. The highest BCUT2D eigenvalue weighted by atomic mass is 16.5. The molecule has 2 radical (unpaired) electrons. The average molecular weight is 58.0 g/mol. The molecular formula is C2H2O2. The van der Waals surface area contributed by atoms with Crippen LogP contribution in [-0.2, 0) is 9.53 Å². The number of carbonyl (C=O) groups excluding carboxylic acids is 1. The normalized spacial score (nSPS) is 5.25. The highest BCUT2D eigenvalue weighted by Crippen LogP contribution is 1.41. The van der Waals surface area contributed by atoms with E-state index in [1.54, 1.807) is 0 Å². The Bertz CT molecular complexity index is 18.0. The number of hydrogen-bond acceptors (Lipinski definition) is 2. The molecule has 0 bridgehead atoms. The summed E-state index contributed by atoms with van der Waals surface area (Å²) < 4.78 is 3.36. The summed E-state index contributed by atoms with van der Waals surface area (Å²) in [5.41, 5.74) is 0. The van der Waals surface area contributed by atoms with Crippen LogP contribution in [0.5, 0.6) is 0 Å². The maximum Gasteiger partial charge on any atom is 0.293 e. The van der Waals surface area contributed by atoms with E-state index in [1.165, 1.54) is 0 Å². The Kier molecular flexibility index (Phi) is 2.14. The lowest BCUT2D eigenvalue weighted by Gasteiger charge is -1.64. The van der Waals surface area contributed by atoms with Gasteiger partial charge >= 0.3 is 0 Å². The first-order valence-corrected chi connectivity index (χ1v) is 0.707. The molecule has 0 spiro atoms. The largest absolute Gasteiger partial charge is 0.456 e. The minimum Gasteiger partial charge on any atom is -0.456 e. The van der Waals surface area contributed by atoms with Gasteiger partial charge < -0.3 is 4.74 Å². The van der Waals surface area contributed by atoms with Crippen LogP contribution >= 0.6 is 0 Å². The van der Waals surface area contributed by atoms with Gasteiger partial charge in [0.05, 0.1) is 0 Å². The van der Waals surface area contributed by atoms with Crippen molar-refractivity contribution in [2.75, 3.05) is 0 Å². The van der Waals surface area contributed by atoms with E-state index in [4.69, 9.17) is 4.79 Å². The van der Waals surface area contributed by atoms with Crippen molar-refractivity contribution < 1.29 is 9.53 Å². The third-order valence-corrected chi connectivity index (χ3v) is 0.0556. The van der Waals surface area contributed by atoms with Gasteiger partial charge in [0, 0.05) is 0 Å². The van der Waals surface area contributed by atoms with E-state index in [0.717, 1.165) is 0 Å². The van der Waals surface area contributed by atoms with E-state index >= 15 is 0 Å². The van der Waals surface area contributed by atoms with E-state index in [-0.39, 0.29) is 6.47 Å². The molecule has 4 heavy (non-hydrogen) atoms. The van der Waals surface area contributed by atoms with E-state index in [2.05, 4.69) is 11.8 Å².